The molecule has 25 heavy (non-hydrogen) atoms. The van der Waals surface area contributed by atoms with Crippen molar-refractivity contribution in [2.24, 2.45) is 34.5 Å². The molecule has 0 spiro atoms. The lowest BCUT2D eigenvalue weighted by Gasteiger charge is -2.59. The summed E-state index contributed by atoms with van der Waals surface area (Å²) >= 11 is 0. The summed E-state index contributed by atoms with van der Waals surface area (Å²) in [5.41, 5.74) is -2.05. The average molecular weight is 346 g/mol. The van der Waals surface area contributed by atoms with Gasteiger partial charge >= 0.3 is 0 Å². The predicted molar refractivity (Wildman–Crippen MR) is 92.8 cm³/mol. The molecule has 0 aliphatic heterocycles. The van der Waals surface area contributed by atoms with Crippen LogP contribution in [0.25, 0.3) is 0 Å². The molecule has 0 bridgehead atoms. The van der Waals surface area contributed by atoms with Crippen LogP contribution >= 0.6 is 0 Å². The van der Waals surface area contributed by atoms with Crippen molar-refractivity contribution >= 4 is 17.3 Å². The standard InChI is InChI=1S/C21H30O4/c1-12(22)21(25)9-7-16-15-5-4-13-10-14(23)6-8-19(13,2)18(15)17(24)11-20(16,21)3/h13,15-16,18,25H,4-11H2,1-3H3/t13-,15+,16+,18-,19+,20+,21+/m1/s1. The topological polar surface area (TPSA) is 71.4 Å². The van der Waals surface area contributed by atoms with Crippen LogP contribution in [0.1, 0.15) is 72.1 Å². The summed E-state index contributed by atoms with van der Waals surface area (Å²) in [5.74, 6) is 1.22. The van der Waals surface area contributed by atoms with Crippen LogP contribution in [0, 0.1) is 34.5 Å². The molecule has 0 unspecified atom stereocenters. The fraction of sp³-hybridized carbons (Fsp3) is 0.857. The molecular weight excluding hydrogens is 316 g/mol. The van der Waals surface area contributed by atoms with E-state index < -0.39 is 11.0 Å². The smallest absolute Gasteiger partial charge is 0.161 e. The monoisotopic (exact) mass is 346 g/mol. The zero-order chi connectivity index (χ0) is 18.2. The van der Waals surface area contributed by atoms with Crippen molar-refractivity contribution in [2.45, 2.75) is 77.7 Å². The van der Waals surface area contributed by atoms with Crippen molar-refractivity contribution in [1.82, 2.24) is 0 Å². The fourth-order valence-corrected chi connectivity index (χ4v) is 7.44. The van der Waals surface area contributed by atoms with Gasteiger partial charge in [0.05, 0.1) is 0 Å². The molecule has 7 atom stereocenters. The van der Waals surface area contributed by atoms with E-state index in [0.717, 1.165) is 25.7 Å². The molecule has 1 N–H and O–H groups in total. The molecule has 0 saturated heterocycles. The normalized spacial score (nSPS) is 52.3. The van der Waals surface area contributed by atoms with E-state index in [0.29, 0.717) is 37.4 Å². The first kappa shape index (κ1) is 17.4. The van der Waals surface area contributed by atoms with E-state index >= 15 is 0 Å². The van der Waals surface area contributed by atoms with Gasteiger partial charge in [-0.25, -0.2) is 0 Å². The summed E-state index contributed by atoms with van der Waals surface area (Å²) in [6.45, 7) is 5.67. The third-order valence-corrected chi connectivity index (χ3v) is 8.90. The van der Waals surface area contributed by atoms with Crippen LogP contribution in [0.15, 0.2) is 0 Å². The number of ketones is 3. The first-order valence-electron chi connectivity index (χ1n) is 9.91. The Morgan fingerprint density at radius 1 is 1.12 bits per heavy atom. The van der Waals surface area contributed by atoms with Gasteiger partial charge in [0.25, 0.3) is 0 Å². The van der Waals surface area contributed by atoms with Gasteiger partial charge in [-0.3, -0.25) is 14.4 Å². The van der Waals surface area contributed by atoms with Gasteiger partial charge in [-0.15, -0.1) is 0 Å². The summed E-state index contributed by atoms with van der Waals surface area (Å²) in [7, 11) is 0. The third-order valence-electron chi connectivity index (χ3n) is 8.90. The van der Waals surface area contributed by atoms with Crippen LogP contribution in [0.2, 0.25) is 0 Å². The maximum absolute atomic E-state index is 13.3. The molecule has 4 nitrogen and oxygen atoms in total. The third kappa shape index (κ3) is 2.06. The lowest BCUT2D eigenvalue weighted by Crippen LogP contribution is -2.61. The average Bonchev–Trinajstić information content (AvgIpc) is 2.80. The zero-order valence-corrected chi connectivity index (χ0v) is 15.6. The van der Waals surface area contributed by atoms with Crippen LogP contribution in [0.5, 0.6) is 0 Å². The maximum Gasteiger partial charge on any atom is 0.161 e. The molecule has 0 amide bonds. The number of hydrogen-bond donors (Lipinski definition) is 1. The van der Waals surface area contributed by atoms with Gasteiger partial charge in [0.2, 0.25) is 0 Å². The molecule has 4 aliphatic rings. The Hall–Kier alpha value is -1.03. The minimum atomic E-state index is -1.35. The van der Waals surface area contributed by atoms with Crippen molar-refractivity contribution < 1.29 is 19.5 Å². The van der Waals surface area contributed by atoms with E-state index in [1.165, 1.54) is 6.92 Å². The van der Waals surface area contributed by atoms with Gasteiger partial charge in [0.15, 0.2) is 5.78 Å². The van der Waals surface area contributed by atoms with Gasteiger partial charge in [-0.05, 0) is 62.2 Å². The molecule has 0 aromatic rings. The minimum Gasteiger partial charge on any atom is -0.381 e. The van der Waals surface area contributed by atoms with E-state index in [4.69, 9.17) is 0 Å². The Kier molecular flexibility index (Phi) is 3.65. The van der Waals surface area contributed by atoms with E-state index in [1.807, 2.05) is 6.92 Å². The number of fused-ring (bicyclic) bond motifs is 5. The number of aliphatic hydroxyl groups is 1. The van der Waals surface area contributed by atoms with Crippen LogP contribution in [0.4, 0.5) is 0 Å². The predicted octanol–water partition coefficient (Wildman–Crippen LogP) is 3.10. The molecule has 0 heterocycles. The molecule has 0 radical (unpaired) electrons. The summed E-state index contributed by atoms with van der Waals surface area (Å²) in [6, 6.07) is 0. The Morgan fingerprint density at radius 3 is 2.52 bits per heavy atom. The molecule has 138 valence electrons. The van der Waals surface area contributed by atoms with Gasteiger partial charge in [0, 0.05) is 30.6 Å². The maximum atomic E-state index is 13.3. The summed E-state index contributed by atoms with van der Waals surface area (Å²) in [5, 5.41) is 11.1. The second-order valence-corrected chi connectivity index (χ2v) is 9.79. The Balaban J connectivity index is 1.72. The fourth-order valence-electron chi connectivity index (χ4n) is 7.44. The van der Waals surface area contributed by atoms with Crippen LogP contribution in [-0.4, -0.2) is 28.1 Å². The van der Waals surface area contributed by atoms with Crippen LogP contribution in [0.3, 0.4) is 0 Å². The van der Waals surface area contributed by atoms with Crippen molar-refractivity contribution in [1.29, 1.82) is 0 Å². The van der Waals surface area contributed by atoms with Gasteiger partial charge in [0.1, 0.15) is 17.2 Å². The van der Waals surface area contributed by atoms with Crippen LogP contribution < -0.4 is 0 Å². The Bertz CT molecular complexity index is 654. The van der Waals surface area contributed by atoms with E-state index in [9.17, 15) is 19.5 Å². The minimum absolute atomic E-state index is 0.00623. The number of carbonyl (C=O) groups excluding carboxylic acids is 3. The van der Waals surface area contributed by atoms with Gasteiger partial charge in [-0.1, -0.05) is 13.8 Å². The zero-order valence-electron chi connectivity index (χ0n) is 15.6. The molecule has 4 saturated carbocycles. The molecule has 4 heteroatoms. The van der Waals surface area contributed by atoms with E-state index in [2.05, 4.69) is 6.92 Å². The summed E-state index contributed by atoms with van der Waals surface area (Å²) < 4.78 is 0. The second-order valence-electron chi connectivity index (χ2n) is 9.79. The lowest BCUT2D eigenvalue weighted by molar-refractivity contribution is -0.176. The number of carbonyl (C=O) groups is 3. The molecule has 0 aromatic heterocycles. The highest BCUT2D eigenvalue weighted by atomic mass is 16.3. The van der Waals surface area contributed by atoms with E-state index in [-0.39, 0.29) is 34.7 Å². The highest BCUT2D eigenvalue weighted by Gasteiger charge is 2.68. The van der Waals surface area contributed by atoms with Crippen molar-refractivity contribution in [3.05, 3.63) is 0 Å². The van der Waals surface area contributed by atoms with Crippen molar-refractivity contribution in [3.63, 3.8) is 0 Å². The van der Waals surface area contributed by atoms with E-state index in [1.54, 1.807) is 0 Å². The first-order valence-corrected chi connectivity index (χ1v) is 9.91. The van der Waals surface area contributed by atoms with Crippen molar-refractivity contribution in [2.75, 3.05) is 0 Å². The molecule has 4 fully saturated rings. The highest BCUT2D eigenvalue weighted by molar-refractivity contribution is 5.90. The summed E-state index contributed by atoms with van der Waals surface area (Å²) in [6.07, 6.45) is 5.64. The first-order chi connectivity index (χ1) is 11.6. The molecule has 4 aliphatic carbocycles. The van der Waals surface area contributed by atoms with Gasteiger partial charge < -0.3 is 5.11 Å². The summed E-state index contributed by atoms with van der Waals surface area (Å²) in [4.78, 5) is 37.5. The second kappa shape index (κ2) is 5.25. The molecule has 4 rings (SSSR count). The highest BCUT2D eigenvalue weighted by Crippen LogP contribution is 2.67. The lowest BCUT2D eigenvalue weighted by atomic mass is 9.44. The molecular formula is C21H30O4. The quantitative estimate of drug-likeness (QED) is 0.792. The van der Waals surface area contributed by atoms with Gasteiger partial charge in [-0.2, -0.15) is 0 Å². The molecule has 0 aromatic carbocycles. The largest absolute Gasteiger partial charge is 0.381 e. The van der Waals surface area contributed by atoms with Crippen molar-refractivity contribution in [3.8, 4) is 0 Å². The Morgan fingerprint density at radius 2 is 1.84 bits per heavy atom. The number of Topliss-reactive ketones (excluding diaryl/α,β-unsaturated/α-hetero) is 3. The SMILES string of the molecule is CC(=O)[C@@]1(O)CC[C@H]2[C@@H]3CC[C@@H]4CC(=O)CC[C@]4(C)[C@H]3C(=O)C[C@@]21C. The number of hydrogen-bond acceptors (Lipinski definition) is 4. The Labute approximate surface area is 149 Å². The van der Waals surface area contributed by atoms with Crippen LogP contribution in [-0.2, 0) is 14.4 Å². The number of rotatable bonds is 1.